The molecule has 0 aromatic carbocycles. The fraction of sp³-hybridized carbons (Fsp3) is 0.857. The summed E-state index contributed by atoms with van der Waals surface area (Å²) in [6.45, 7) is 4.80. The van der Waals surface area contributed by atoms with Crippen LogP contribution >= 0.6 is 0 Å². The van der Waals surface area contributed by atoms with Crippen molar-refractivity contribution in [3.63, 3.8) is 0 Å². The average molecular weight is 283 g/mol. The lowest BCUT2D eigenvalue weighted by atomic mass is 10.2. The summed E-state index contributed by atoms with van der Waals surface area (Å²) in [5.41, 5.74) is 0. The zero-order chi connectivity index (χ0) is 14.4. The van der Waals surface area contributed by atoms with Crippen molar-refractivity contribution in [2.75, 3.05) is 46.4 Å². The van der Waals surface area contributed by atoms with Crippen molar-refractivity contribution in [1.29, 1.82) is 0 Å². The van der Waals surface area contributed by atoms with Gasteiger partial charge < -0.3 is 10.1 Å². The summed E-state index contributed by atoms with van der Waals surface area (Å²) in [4.78, 5) is 26.9. The zero-order valence-electron chi connectivity index (χ0n) is 12.3. The molecule has 2 aliphatic rings. The van der Waals surface area contributed by atoms with Crippen molar-refractivity contribution in [1.82, 2.24) is 15.1 Å². The van der Waals surface area contributed by atoms with Crippen LogP contribution in [-0.2, 0) is 14.3 Å². The van der Waals surface area contributed by atoms with Gasteiger partial charge in [0.15, 0.2) is 0 Å². The van der Waals surface area contributed by atoms with Gasteiger partial charge >= 0.3 is 0 Å². The van der Waals surface area contributed by atoms with Gasteiger partial charge in [0.1, 0.15) is 0 Å². The molecule has 0 aromatic rings. The summed E-state index contributed by atoms with van der Waals surface area (Å²) >= 11 is 0. The minimum atomic E-state index is -0.0271. The van der Waals surface area contributed by atoms with Crippen molar-refractivity contribution in [3.8, 4) is 0 Å². The summed E-state index contributed by atoms with van der Waals surface area (Å²) in [7, 11) is 1.69. The van der Waals surface area contributed by atoms with Crippen LogP contribution in [0.3, 0.4) is 0 Å². The highest BCUT2D eigenvalue weighted by molar-refractivity contribution is 6.01. The summed E-state index contributed by atoms with van der Waals surface area (Å²) in [5, 5.41) is 3.48. The molecule has 0 aromatic heterocycles. The van der Waals surface area contributed by atoms with Gasteiger partial charge in [0, 0.05) is 52.2 Å². The third-order valence-corrected chi connectivity index (χ3v) is 4.05. The number of imide groups is 1. The van der Waals surface area contributed by atoms with Gasteiger partial charge in [-0.3, -0.25) is 19.4 Å². The fourth-order valence-corrected chi connectivity index (χ4v) is 2.85. The molecule has 2 fully saturated rings. The van der Waals surface area contributed by atoms with E-state index in [1.807, 2.05) is 0 Å². The number of rotatable bonds is 8. The number of hydrogen-bond donors (Lipinski definition) is 1. The minimum absolute atomic E-state index is 0.0271. The third-order valence-electron chi connectivity index (χ3n) is 4.05. The molecule has 0 radical (unpaired) electrons. The first-order valence-corrected chi connectivity index (χ1v) is 7.48. The molecule has 1 atom stereocenters. The van der Waals surface area contributed by atoms with E-state index in [2.05, 4.69) is 10.2 Å². The lowest BCUT2D eigenvalue weighted by Gasteiger charge is -2.27. The topological polar surface area (TPSA) is 61.9 Å². The van der Waals surface area contributed by atoms with Crippen LogP contribution in [0.25, 0.3) is 0 Å². The summed E-state index contributed by atoms with van der Waals surface area (Å²) in [6.07, 6.45) is 3.18. The maximum atomic E-state index is 11.6. The second-order valence-corrected chi connectivity index (χ2v) is 5.53. The predicted octanol–water partition coefficient (Wildman–Crippen LogP) is -0.164. The van der Waals surface area contributed by atoms with E-state index < -0.39 is 0 Å². The SMILES string of the molecule is COCCN(CCN1C(=O)CCC1=O)CC1CCCN1. The molecule has 6 heteroatoms. The Morgan fingerprint density at radius 3 is 2.65 bits per heavy atom. The van der Waals surface area contributed by atoms with Crippen LogP contribution < -0.4 is 5.32 Å². The Bertz CT molecular complexity index is 327. The number of hydrogen-bond acceptors (Lipinski definition) is 5. The van der Waals surface area contributed by atoms with Gasteiger partial charge in [-0.25, -0.2) is 0 Å². The molecule has 20 heavy (non-hydrogen) atoms. The Morgan fingerprint density at radius 1 is 1.30 bits per heavy atom. The van der Waals surface area contributed by atoms with E-state index in [1.54, 1.807) is 7.11 Å². The Morgan fingerprint density at radius 2 is 2.05 bits per heavy atom. The number of carbonyl (C=O) groups is 2. The number of carbonyl (C=O) groups excluding carboxylic acids is 2. The van der Waals surface area contributed by atoms with Gasteiger partial charge in [-0.05, 0) is 19.4 Å². The predicted molar refractivity (Wildman–Crippen MR) is 75.3 cm³/mol. The van der Waals surface area contributed by atoms with Crippen LogP contribution in [0.5, 0.6) is 0 Å². The highest BCUT2D eigenvalue weighted by Gasteiger charge is 2.29. The first-order valence-electron chi connectivity index (χ1n) is 7.48. The second-order valence-electron chi connectivity index (χ2n) is 5.53. The molecule has 1 unspecified atom stereocenters. The maximum Gasteiger partial charge on any atom is 0.229 e. The monoisotopic (exact) mass is 283 g/mol. The van der Waals surface area contributed by atoms with E-state index in [4.69, 9.17) is 4.74 Å². The van der Waals surface area contributed by atoms with Gasteiger partial charge in [-0.15, -0.1) is 0 Å². The summed E-state index contributed by atoms with van der Waals surface area (Å²) < 4.78 is 5.14. The maximum absolute atomic E-state index is 11.6. The average Bonchev–Trinajstić information content (AvgIpc) is 3.05. The number of ether oxygens (including phenoxy) is 1. The molecule has 0 bridgehead atoms. The number of likely N-dealkylation sites (tertiary alicyclic amines) is 1. The Labute approximate surface area is 120 Å². The number of methoxy groups -OCH3 is 1. The van der Waals surface area contributed by atoms with E-state index in [0.29, 0.717) is 32.0 Å². The first kappa shape index (κ1) is 15.4. The molecule has 0 spiro atoms. The molecule has 114 valence electrons. The highest BCUT2D eigenvalue weighted by Crippen LogP contribution is 2.12. The van der Waals surface area contributed by atoms with Gasteiger partial charge in [0.05, 0.1) is 6.61 Å². The Balaban J connectivity index is 1.79. The van der Waals surface area contributed by atoms with Crippen LogP contribution in [0.4, 0.5) is 0 Å². The Kier molecular flexibility index (Phi) is 5.94. The molecule has 2 rings (SSSR count). The molecule has 0 saturated carbocycles. The van der Waals surface area contributed by atoms with Crippen molar-refractivity contribution >= 4 is 11.8 Å². The smallest absolute Gasteiger partial charge is 0.229 e. The normalized spacial score (nSPS) is 23.3. The summed E-state index contributed by atoms with van der Waals surface area (Å²) in [6, 6.07) is 0.525. The van der Waals surface area contributed by atoms with Crippen LogP contribution in [0.2, 0.25) is 0 Å². The van der Waals surface area contributed by atoms with Crippen LogP contribution in [0, 0.1) is 0 Å². The van der Waals surface area contributed by atoms with E-state index in [1.165, 1.54) is 17.7 Å². The molecule has 2 heterocycles. The molecule has 6 nitrogen and oxygen atoms in total. The van der Waals surface area contributed by atoms with Crippen molar-refractivity contribution in [3.05, 3.63) is 0 Å². The van der Waals surface area contributed by atoms with E-state index in [-0.39, 0.29) is 11.8 Å². The Hall–Kier alpha value is -0.980. The lowest BCUT2D eigenvalue weighted by molar-refractivity contribution is -0.138. The van der Waals surface area contributed by atoms with Crippen LogP contribution in [0.1, 0.15) is 25.7 Å². The minimum Gasteiger partial charge on any atom is -0.383 e. The van der Waals surface area contributed by atoms with Crippen molar-refractivity contribution < 1.29 is 14.3 Å². The summed E-state index contributed by atoms with van der Waals surface area (Å²) in [5.74, 6) is -0.0543. The standard InChI is InChI=1S/C14H25N3O3/c1-20-10-9-16(11-12-3-2-6-15-12)7-8-17-13(18)4-5-14(17)19/h12,15H,2-11H2,1H3. The van der Waals surface area contributed by atoms with Gasteiger partial charge in [-0.1, -0.05) is 0 Å². The molecule has 0 aliphatic carbocycles. The van der Waals surface area contributed by atoms with Crippen LogP contribution in [0.15, 0.2) is 0 Å². The largest absolute Gasteiger partial charge is 0.383 e. The van der Waals surface area contributed by atoms with E-state index in [0.717, 1.165) is 26.2 Å². The third kappa shape index (κ3) is 4.26. The van der Waals surface area contributed by atoms with Gasteiger partial charge in [0.25, 0.3) is 0 Å². The van der Waals surface area contributed by atoms with Gasteiger partial charge in [-0.2, -0.15) is 0 Å². The second kappa shape index (κ2) is 7.71. The molecule has 1 N–H and O–H groups in total. The van der Waals surface area contributed by atoms with Gasteiger partial charge in [0.2, 0.25) is 11.8 Å². The lowest BCUT2D eigenvalue weighted by Crippen LogP contribution is -2.44. The molecule has 2 amide bonds. The highest BCUT2D eigenvalue weighted by atomic mass is 16.5. The molecular weight excluding hydrogens is 258 g/mol. The van der Waals surface area contributed by atoms with E-state index >= 15 is 0 Å². The van der Waals surface area contributed by atoms with Crippen molar-refractivity contribution in [2.45, 2.75) is 31.7 Å². The van der Waals surface area contributed by atoms with Crippen molar-refractivity contribution in [2.24, 2.45) is 0 Å². The number of nitrogens with zero attached hydrogens (tertiary/aromatic N) is 2. The number of amides is 2. The quantitative estimate of drug-likeness (QED) is 0.627. The molecular formula is C14H25N3O3. The zero-order valence-corrected chi connectivity index (χ0v) is 12.3. The first-order chi connectivity index (χ1) is 9.70. The fourth-order valence-electron chi connectivity index (χ4n) is 2.85. The molecule has 2 saturated heterocycles. The van der Waals surface area contributed by atoms with E-state index in [9.17, 15) is 9.59 Å². The molecule has 2 aliphatic heterocycles. The number of nitrogens with one attached hydrogen (secondary N) is 1. The van der Waals surface area contributed by atoms with Crippen LogP contribution in [-0.4, -0.2) is 74.1 Å².